The van der Waals surface area contributed by atoms with Crippen LogP contribution in [0.4, 0.5) is 0 Å². The molecule has 0 amide bonds. The molecule has 0 bridgehead atoms. The summed E-state index contributed by atoms with van der Waals surface area (Å²) in [4.78, 5) is 0. The standard InChI is InChI=1S/C11H15I/c1-9(2)3-4-10-5-7-11(12)8-6-10/h3-5,7,9H,6,8H2,1-2H3/b4-3+. The fourth-order valence-electron chi connectivity index (χ4n) is 1.08. The van der Waals surface area contributed by atoms with Crippen LogP contribution in [-0.2, 0) is 0 Å². The number of rotatable bonds is 2. The second kappa shape index (κ2) is 4.85. The van der Waals surface area contributed by atoms with Crippen LogP contribution in [0.25, 0.3) is 0 Å². The zero-order valence-corrected chi connectivity index (χ0v) is 9.84. The van der Waals surface area contributed by atoms with E-state index in [9.17, 15) is 0 Å². The largest absolute Gasteiger partial charge is 0.0817 e. The van der Waals surface area contributed by atoms with Gasteiger partial charge in [0.05, 0.1) is 0 Å². The first-order valence-corrected chi connectivity index (χ1v) is 5.50. The van der Waals surface area contributed by atoms with E-state index in [1.807, 2.05) is 0 Å². The van der Waals surface area contributed by atoms with Gasteiger partial charge in [0.15, 0.2) is 0 Å². The van der Waals surface area contributed by atoms with Gasteiger partial charge < -0.3 is 0 Å². The van der Waals surface area contributed by atoms with Crippen molar-refractivity contribution < 1.29 is 0 Å². The van der Waals surface area contributed by atoms with Gasteiger partial charge >= 0.3 is 0 Å². The molecule has 0 spiro atoms. The Kier molecular flexibility index (Phi) is 4.06. The molecule has 0 saturated carbocycles. The molecule has 0 aromatic heterocycles. The van der Waals surface area contributed by atoms with Crippen LogP contribution in [0.15, 0.2) is 33.5 Å². The van der Waals surface area contributed by atoms with Crippen LogP contribution in [0.3, 0.4) is 0 Å². The Balaban J connectivity index is 2.55. The fraction of sp³-hybridized carbons (Fsp3) is 0.455. The van der Waals surface area contributed by atoms with Crippen LogP contribution in [0.2, 0.25) is 0 Å². The van der Waals surface area contributed by atoms with Crippen molar-refractivity contribution in [3.63, 3.8) is 0 Å². The molecule has 0 aliphatic heterocycles. The highest BCUT2D eigenvalue weighted by molar-refractivity contribution is 14.1. The van der Waals surface area contributed by atoms with Crippen molar-refractivity contribution in [3.8, 4) is 0 Å². The lowest BCUT2D eigenvalue weighted by Crippen LogP contribution is -1.87. The van der Waals surface area contributed by atoms with E-state index in [4.69, 9.17) is 0 Å². The van der Waals surface area contributed by atoms with E-state index in [1.165, 1.54) is 22.0 Å². The molecular weight excluding hydrogens is 259 g/mol. The van der Waals surface area contributed by atoms with Gasteiger partial charge in [0.1, 0.15) is 0 Å². The number of allylic oxidation sites excluding steroid dienone is 6. The Hall–Kier alpha value is -0.0500. The maximum Gasteiger partial charge on any atom is -0.00907 e. The van der Waals surface area contributed by atoms with E-state index >= 15 is 0 Å². The van der Waals surface area contributed by atoms with Crippen molar-refractivity contribution >= 4 is 22.6 Å². The maximum absolute atomic E-state index is 2.40. The van der Waals surface area contributed by atoms with Crippen LogP contribution >= 0.6 is 22.6 Å². The Bertz CT molecular complexity index is 231. The number of halogens is 1. The second-order valence-electron chi connectivity index (χ2n) is 3.46. The molecule has 66 valence electrons. The lowest BCUT2D eigenvalue weighted by Gasteiger charge is -2.07. The summed E-state index contributed by atoms with van der Waals surface area (Å²) in [5.41, 5.74) is 1.46. The molecule has 1 aliphatic carbocycles. The molecule has 12 heavy (non-hydrogen) atoms. The molecule has 0 saturated heterocycles. The van der Waals surface area contributed by atoms with E-state index in [2.05, 4.69) is 60.7 Å². The van der Waals surface area contributed by atoms with Gasteiger partial charge in [-0.15, -0.1) is 0 Å². The number of hydrogen-bond donors (Lipinski definition) is 0. The maximum atomic E-state index is 2.40. The minimum atomic E-state index is 0.663. The Labute approximate surface area is 88.6 Å². The Morgan fingerprint density at radius 3 is 2.58 bits per heavy atom. The Morgan fingerprint density at radius 1 is 1.33 bits per heavy atom. The lowest BCUT2D eigenvalue weighted by molar-refractivity contribution is 0.828. The average molecular weight is 274 g/mol. The zero-order valence-electron chi connectivity index (χ0n) is 7.68. The van der Waals surface area contributed by atoms with Crippen LogP contribution in [0.5, 0.6) is 0 Å². The average Bonchev–Trinajstić information content (AvgIpc) is 2.03. The molecule has 0 aromatic carbocycles. The highest BCUT2D eigenvalue weighted by Crippen LogP contribution is 2.23. The van der Waals surface area contributed by atoms with Crippen LogP contribution in [0.1, 0.15) is 26.7 Å². The smallest absolute Gasteiger partial charge is 0.00907 e. The summed E-state index contributed by atoms with van der Waals surface area (Å²) in [6, 6.07) is 0. The molecule has 0 unspecified atom stereocenters. The molecule has 0 fully saturated rings. The van der Waals surface area contributed by atoms with E-state index in [0.29, 0.717) is 5.92 Å². The van der Waals surface area contributed by atoms with Crippen LogP contribution in [0, 0.1) is 5.92 Å². The lowest BCUT2D eigenvalue weighted by atomic mass is 10.0. The molecule has 0 heterocycles. The van der Waals surface area contributed by atoms with Crippen LogP contribution < -0.4 is 0 Å². The van der Waals surface area contributed by atoms with Gasteiger partial charge in [-0.2, -0.15) is 0 Å². The molecule has 0 nitrogen and oxygen atoms in total. The molecule has 0 atom stereocenters. The molecule has 1 aliphatic rings. The predicted molar refractivity (Wildman–Crippen MR) is 63.4 cm³/mol. The number of hydrogen-bond acceptors (Lipinski definition) is 0. The topological polar surface area (TPSA) is 0 Å². The minimum Gasteiger partial charge on any atom is -0.0817 e. The van der Waals surface area contributed by atoms with Crippen molar-refractivity contribution in [1.29, 1.82) is 0 Å². The van der Waals surface area contributed by atoms with Crippen molar-refractivity contribution in [1.82, 2.24) is 0 Å². The summed E-state index contributed by atoms with van der Waals surface area (Å²) in [5, 5.41) is 0. The summed E-state index contributed by atoms with van der Waals surface area (Å²) < 4.78 is 1.47. The summed E-state index contributed by atoms with van der Waals surface area (Å²) in [7, 11) is 0. The van der Waals surface area contributed by atoms with Gasteiger partial charge in [-0.05, 0) is 50.5 Å². The van der Waals surface area contributed by atoms with Gasteiger partial charge in [0, 0.05) is 0 Å². The summed E-state index contributed by atoms with van der Waals surface area (Å²) in [6.45, 7) is 4.42. The third-order valence-corrected chi connectivity index (χ3v) is 2.72. The zero-order chi connectivity index (χ0) is 8.97. The van der Waals surface area contributed by atoms with Crippen LogP contribution in [-0.4, -0.2) is 0 Å². The molecule has 1 heteroatoms. The highest BCUT2D eigenvalue weighted by atomic mass is 127. The first-order valence-electron chi connectivity index (χ1n) is 4.42. The Morgan fingerprint density at radius 2 is 2.08 bits per heavy atom. The third-order valence-electron chi connectivity index (χ3n) is 1.83. The van der Waals surface area contributed by atoms with Crippen molar-refractivity contribution in [2.45, 2.75) is 26.7 Å². The SMILES string of the molecule is CC(C)/C=C/C1=CC=C(I)CC1. The van der Waals surface area contributed by atoms with E-state index in [1.54, 1.807) is 0 Å². The van der Waals surface area contributed by atoms with Crippen molar-refractivity contribution in [2.75, 3.05) is 0 Å². The van der Waals surface area contributed by atoms with Crippen molar-refractivity contribution in [2.24, 2.45) is 5.92 Å². The van der Waals surface area contributed by atoms with Gasteiger partial charge in [0.2, 0.25) is 0 Å². The normalized spacial score (nSPS) is 18.3. The molecule has 0 radical (unpaired) electrons. The third kappa shape index (κ3) is 3.57. The van der Waals surface area contributed by atoms with E-state index in [-0.39, 0.29) is 0 Å². The van der Waals surface area contributed by atoms with Gasteiger partial charge in [-0.1, -0.05) is 38.2 Å². The quantitative estimate of drug-likeness (QED) is 0.661. The predicted octanol–water partition coefficient (Wildman–Crippen LogP) is 4.24. The van der Waals surface area contributed by atoms with Gasteiger partial charge in [0.25, 0.3) is 0 Å². The van der Waals surface area contributed by atoms with E-state index in [0.717, 1.165) is 0 Å². The second-order valence-corrected chi connectivity index (χ2v) is 4.84. The van der Waals surface area contributed by atoms with Crippen molar-refractivity contribution in [3.05, 3.63) is 33.5 Å². The van der Waals surface area contributed by atoms with E-state index < -0.39 is 0 Å². The van der Waals surface area contributed by atoms with Gasteiger partial charge in [-0.3, -0.25) is 0 Å². The molecule has 1 rings (SSSR count). The summed E-state index contributed by atoms with van der Waals surface area (Å²) >= 11 is 2.40. The molecule has 0 aromatic rings. The first kappa shape index (κ1) is 10.0. The molecule has 0 N–H and O–H groups in total. The summed E-state index contributed by atoms with van der Waals surface area (Å²) in [6.07, 6.45) is 11.4. The fourth-order valence-corrected chi connectivity index (χ4v) is 1.53. The first-order chi connectivity index (χ1) is 5.68. The summed E-state index contributed by atoms with van der Waals surface area (Å²) in [5.74, 6) is 0.663. The highest BCUT2D eigenvalue weighted by Gasteiger charge is 2.00. The monoisotopic (exact) mass is 274 g/mol. The van der Waals surface area contributed by atoms with Gasteiger partial charge in [-0.25, -0.2) is 0 Å². The minimum absolute atomic E-state index is 0.663. The molecular formula is C11H15I.